The van der Waals surface area contributed by atoms with Crippen molar-refractivity contribution in [2.24, 2.45) is 0 Å². The minimum atomic E-state index is -0.949. The number of fused-ring (bicyclic) bond motifs is 1. The molecule has 1 aliphatic heterocycles. The highest BCUT2D eigenvalue weighted by atomic mass is 16.7. The third-order valence-electron chi connectivity index (χ3n) is 5.26. The van der Waals surface area contributed by atoms with E-state index in [1.807, 2.05) is 6.07 Å². The maximum atomic E-state index is 12.6. The zero-order valence-corrected chi connectivity index (χ0v) is 15.8. The maximum Gasteiger partial charge on any atom is 0.408 e. The Bertz CT molecular complexity index is 896. The summed E-state index contributed by atoms with van der Waals surface area (Å²) >= 11 is 0. The zero-order chi connectivity index (χ0) is 20.2. The van der Waals surface area contributed by atoms with Gasteiger partial charge in [0.1, 0.15) is 0 Å². The van der Waals surface area contributed by atoms with Crippen LogP contribution < -0.4 is 14.8 Å². The van der Waals surface area contributed by atoms with Crippen LogP contribution in [0, 0.1) is 10.1 Å². The second-order valence-corrected chi connectivity index (χ2v) is 7.20. The molecule has 8 nitrogen and oxygen atoms in total. The molecule has 0 bridgehead atoms. The van der Waals surface area contributed by atoms with E-state index < -0.39 is 17.1 Å². The quantitative estimate of drug-likeness (QED) is 0.589. The van der Waals surface area contributed by atoms with Crippen LogP contribution in [0.15, 0.2) is 42.5 Å². The molecule has 0 saturated heterocycles. The van der Waals surface area contributed by atoms with E-state index in [0.717, 1.165) is 25.7 Å². The Labute approximate surface area is 167 Å². The summed E-state index contributed by atoms with van der Waals surface area (Å²) in [4.78, 5) is 23.8. The lowest BCUT2D eigenvalue weighted by Gasteiger charge is -2.25. The van der Waals surface area contributed by atoms with E-state index in [-0.39, 0.29) is 24.1 Å². The van der Waals surface area contributed by atoms with Crippen molar-refractivity contribution in [2.45, 2.75) is 44.2 Å². The third-order valence-corrected chi connectivity index (χ3v) is 5.26. The van der Waals surface area contributed by atoms with Gasteiger partial charge in [-0.15, -0.1) is 0 Å². The molecule has 1 unspecified atom stereocenters. The molecule has 2 aromatic carbocycles. The van der Waals surface area contributed by atoms with Crippen LogP contribution in [0.5, 0.6) is 11.5 Å². The molecule has 29 heavy (non-hydrogen) atoms. The number of ether oxygens (including phenoxy) is 3. The molecule has 1 aliphatic carbocycles. The lowest BCUT2D eigenvalue weighted by atomic mass is 9.96. The van der Waals surface area contributed by atoms with E-state index in [0.29, 0.717) is 17.1 Å². The molecule has 0 radical (unpaired) electrons. The first-order chi connectivity index (χ1) is 14.1. The Morgan fingerprint density at radius 2 is 1.79 bits per heavy atom. The first kappa shape index (κ1) is 19.0. The molecule has 1 atom stereocenters. The summed E-state index contributed by atoms with van der Waals surface area (Å²) in [6, 6.07) is 11.9. The van der Waals surface area contributed by atoms with E-state index in [2.05, 4.69) is 5.32 Å². The average Bonchev–Trinajstić information content (AvgIpc) is 3.20. The molecule has 8 heteroatoms. The van der Waals surface area contributed by atoms with E-state index in [4.69, 9.17) is 14.2 Å². The minimum Gasteiger partial charge on any atom is -0.454 e. The number of nitro groups is 1. The predicted molar refractivity (Wildman–Crippen MR) is 104 cm³/mol. The van der Waals surface area contributed by atoms with Gasteiger partial charge in [-0.25, -0.2) is 4.79 Å². The van der Waals surface area contributed by atoms with E-state index >= 15 is 0 Å². The molecule has 152 valence electrons. The van der Waals surface area contributed by atoms with Crippen LogP contribution in [0.25, 0.3) is 0 Å². The first-order valence-electron chi connectivity index (χ1n) is 9.72. The van der Waals surface area contributed by atoms with E-state index in [1.54, 1.807) is 24.3 Å². The monoisotopic (exact) mass is 398 g/mol. The number of nitrogens with zero attached hydrogens (tertiary/aromatic N) is 1. The SMILES string of the molecule is O=C(NC1CCCCC1)OC(c1ccccc1)c1cc2c(cc1[N+](=O)[O-])OCO2. The van der Waals surface area contributed by atoms with Crippen LogP contribution in [-0.2, 0) is 4.74 Å². The van der Waals surface area contributed by atoms with Gasteiger partial charge in [0.15, 0.2) is 17.6 Å². The van der Waals surface area contributed by atoms with Gasteiger partial charge < -0.3 is 19.5 Å². The highest BCUT2D eigenvalue weighted by Crippen LogP contribution is 2.42. The summed E-state index contributed by atoms with van der Waals surface area (Å²) in [6.45, 7) is -0.00499. The zero-order valence-electron chi connectivity index (χ0n) is 15.8. The fraction of sp³-hybridized carbons (Fsp3) is 0.381. The van der Waals surface area contributed by atoms with Gasteiger partial charge in [-0.2, -0.15) is 0 Å². The Balaban J connectivity index is 1.66. The van der Waals surface area contributed by atoms with Crippen molar-refractivity contribution in [2.75, 3.05) is 6.79 Å². The lowest BCUT2D eigenvalue weighted by Crippen LogP contribution is -2.37. The fourth-order valence-electron chi connectivity index (χ4n) is 3.81. The number of rotatable bonds is 5. The number of nitrogens with one attached hydrogen (secondary N) is 1. The third kappa shape index (κ3) is 4.26. The van der Waals surface area contributed by atoms with Crippen LogP contribution in [0.3, 0.4) is 0 Å². The summed E-state index contributed by atoms with van der Waals surface area (Å²) in [6.07, 6.45) is 3.60. The van der Waals surface area contributed by atoms with Crippen molar-refractivity contribution in [3.05, 3.63) is 63.7 Å². The summed E-state index contributed by atoms with van der Waals surface area (Å²) in [5.74, 6) is 0.696. The number of nitro benzene ring substituents is 1. The Kier molecular flexibility index (Phi) is 5.50. The molecule has 1 heterocycles. The van der Waals surface area contributed by atoms with Gasteiger partial charge in [0.05, 0.1) is 16.6 Å². The first-order valence-corrected chi connectivity index (χ1v) is 9.72. The molecular formula is C21H22N2O6. The van der Waals surface area contributed by atoms with Gasteiger partial charge in [0.25, 0.3) is 5.69 Å². The Hall–Kier alpha value is -3.29. The second kappa shape index (κ2) is 8.38. The highest BCUT2D eigenvalue weighted by Gasteiger charge is 2.32. The summed E-state index contributed by atoms with van der Waals surface area (Å²) in [5, 5.41) is 14.6. The molecule has 1 N–H and O–H groups in total. The van der Waals surface area contributed by atoms with Crippen LogP contribution in [0.4, 0.5) is 10.5 Å². The molecule has 2 aliphatic rings. The standard InChI is InChI=1S/C21H22N2O6/c24-21(22-15-9-5-2-6-10-15)29-20(14-7-3-1-4-8-14)16-11-18-19(28-13-27-18)12-17(16)23(25)26/h1,3-4,7-8,11-12,15,20H,2,5-6,9-10,13H2,(H,22,24). The van der Waals surface area contributed by atoms with Crippen LogP contribution in [0.1, 0.15) is 49.3 Å². The minimum absolute atomic E-state index is 0.00499. The van der Waals surface area contributed by atoms with Crippen molar-refractivity contribution in [1.29, 1.82) is 0 Å². The molecule has 2 aromatic rings. The molecule has 1 saturated carbocycles. The van der Waals surface area contributed by atoms with Gasteiger partial charge in [0, 0.05) is 6.04 Å². The molecule has 4 rings (SSSR count). The normalized spacial score (nSPS) is 16.8. The van der Waals surface area contributed by atoms with E-state index in [9.17, 15) is 14.9 Å². The molecule has 1 fully saturated rings. The van der Waals surface area contributed by atoms with Crippen LogP contribution >= 0.6 is 0 Å². The van der Waals surface area contributed by atoms with Crippen molar-refractivity contribution in [3.8, 4) is 11.5 Å². The lowest BCUT2D eigenvalue weighted by molar-refractivity contribution is -0.386. The van der Waals surface area contributed by atoms with Crippen molar-refractivity contribution in [1.82, 2.24) is 5.32 Å². The predicted octanol–water partition coefficient (Wildman–Crippen LogP) is 4.47. The van der Waals surface area contributed by atoms with Gasteiger partial charge in [-0.3, -0.25) is 10.1 Å². The van der Waals surface area contributed by atoms with Crippen LogP contribution in [-0.4, -0.2) is 23.9 Å². The number of benzene rings is 2. The number of hydrogen-bond donors (Lipinski definition) is 1. The van der Waals surface area contributed by atoms with Crippen molar-refractivity contribution >= 4 is 11.8 Å². The van der Waals surface area contributed by atoms with Gasteiger partial charge >= 0.3 is 6.09 Å². The number of carbonyl (C=O) groups is 1. The van der Waals surface area contributed by atoms with Crippen molar-refractivity contribution < 1.29 is 23.9 Å². The van der Waals surface area contributed by atoms with Gasteiger partial charge in [-0.1, -0.05) is 49.6 Å². The topological polar surface area (TPSA) is 99.9 Å². The van der Waals surface area contributed by atoms with Crippen LogP contribution in [0.2, 0.25) is 0 Å². The molecule has 0 aromatic heterocycles. The maximum absolute atomic E-state index is 12.6. The number of amides is 1. The van der Waals surface area contributed by atoms with Crippen molar-refractivity contribution in [3.63, 3.8) is 0 Å². The number of carbonyl (C=O) groups excluding carboxylic acids is 1. The van der Waals surface area contributed by atoms with E-state index in [1.165, 1.54) is 18.6 Å². The summed E-state index contributed by atoms with van der Waals surface area (Å²) in [7, 11) is 0. The Morgan fingerprint density at radius 3 is 2.48 bits per heavy atom. The van der Waals surface area contributed by atoms with Gasteiger partial charge in [0.2, 0.25) is 6.79 Å². The second-order valence-electron chi connectivity index (χ2n) is 7.20. The largest absolute Gasteiger partial charge is 0.454 e. The highest BCUT2D eigenvalue weighted by molar-refractivity contribution is 5.69. The summed E-state index contributed by atoms with van der Waals surface area (Å²) in [5.41, 5.74) is 0.686. The fourth-order valence-corrected chi connectivity index (χ4v) is 3.81. The number of alkyl carbamates (subject to hydrolysis) is 1. The smallest absolute Gasteiger partial charge is 0.408 e. The molecule has 0 spiro atoms. The average molecular weight is 398 g/mol. The number of hydrogen-bond acceptors (Lipinski definition) is 6. The Morgan fingerprint density at radius 1 is 1.10 bits per heavy atom. The van der Waals surface area contributed by atoms with Gasteiger partial charge in [-0.05, 0) is 24.5 Å². The molecular weight excluding hydrogens is 376 g/mol. The summed E-state index contributed by atoms with van der Waals surface area (Å²) < 4.78 is 16.4. The molecule has 1 amide bonds.